The Labute approximate surface area is 102 Å². The van der Waals surface area contributed by atoms with Crippen LogP contribution in [0.1, 0.15) is 26.3 Å². The van der Waals surface area contributed by atoms with Crippen LogP contribution in [0.25, 0.3) is 0 Å². The van der Waals surface area contributed by atoms with E-state index >= 15 is 0 Å². The summed E-state index contributed by atoms with van der Waals surface area (Å²) in [6.07, 6.45) is 3.21. The lowest BCUT2D eigenvalue weighted by molar-refractivity contribution is 0.275. The Bertz CT molecular complexity index is 399. The fourth-order valence-corrected chi connectivity index (χ4v) is 1.59. The summed E-state index contributed by atoms with van der Waals surface area (Å²) in [5, 5.41) is 9.05. The zero-order valence-corrected chi connectivity index (χ0v) is 10.6. The van der Waals surface area contributed by atoms with Crippen LogP contribution in [-0.4, -0.2) is 22.2 Å². The lowest BCUT2D eigenvalue weighted by Crippen LogP contribution is -2.42. The number of hydrogen-bond donors (Lipinski definition) is 1. The molecule has 0 aromatic carbocycles. The van der Waals surface area contributed by atoms with Crippen molar-refractivity contribution in [2.75, 3.05) is 11.4 Å². The summed E-state index contributed by atoms with van der Waals surface area (Å²) >= 11 is 0. The number of hydrogen-bond acceptors (Lipinski definition) is 3. The Morgan fingerprint density at radius 1 is 1.53 bits per heavy atom. The van der Waals surface area contributed by atoms with Crippen LogP contribution >= 0.6 is 0 Å². The zero-order valence-electron chi connectivity index (χ0n) is 10.6. The van der Waals surface area contributed by atoms with Crippen molar-refractivity contribution in [3.8, 4) is 0 Å². The van der Waals surface area contributed by atoms with E-state index < -0.39 is 5.82 Å². The molecule has 0 atom stereocenters. The summed E-state index contributed by atoms with van der Waals surface area (Å²) in [4.78, 5) is 5.88. The normalized spacial score (nSPS) is 11.4. The Kier molecular flexibility index (Phi) is 4.23. The van der Waals surface area contributed by atoms with Crippen molar-refractivity contribution in [3.63, 3.8) is 0 Å². The third-order valence-corrected chi connectivity index (χ3v) is 2.50. The lowest BCUT2D eigenvalue weighted by atomic mass is 10.1. The highest BCUT2D eigenvalue weighted by molar-refractivity contribution is 5.46. The van der Waals surface area contributed by atoms with Gasteiger partial charge in [0.2, 0.25) is 0 Å². The molecular weight excluding hydrogens is 219 g/mol. The molecule has 0 amide bonds. The number of pyridine rings is 1. The predicted molar refractivity (Wildman–Crippen MR) is 67.4 cm³/mol. The molecule has 1 aromatic rings. The number of aromatic nitrogens is 1. The molecule has 0 unspecified atom stereocenters. The predicted octanol–water partition coefficient (Wildman–Crippen LogP) is 2.50. The van der Waals surface area contributed by atoms with Crippen molar-refractivity contribution in [1.82, 2.24) is 4.98 Å². The number of halogens is 1. The Hall–Kier alpha value is -1.42. The average molecular weight is 238 g/mol. The van der Waals surface area contributed by atoms with E-state index in [0.717, 1.165) is 0 Å². The van der Waals surface area contributed by atoms with E-state index in [2.05, 4.69) is 11.6 Å². The Balaban J connectivity index is 3.23. The van der Waals surface area contributed by atoms with Gasteiger partial charge in [0.1, 0.15) is 0 Å². The van der Waals surface area contributed by atoms with Crippen LogP contribution in [0.3, 0.4) is 0 Å². The molecule has 0 radical (unpaired) electrons. The average Bonchev–Trinajstić information content (AvgIpc) is 2.25. The molecule has 1 rings (SSSR count). The zero-order chi connectivity index (χ0) is 13.1. The molecule has 1 heterocycles. The highest BCUT2D eigenvalue weighted by Gasteiger charge is 2.25. The highest BCUT2D eigenvalue weighted by atomic mass is 19.1. The number of aliphatic hydroxyl groups excluding tert-OH is 1. The van der Waals surface area contributed by atoms with Crippen LogP contribution in [0.2, 0.25) is 0 Å². The highest BCUT2D eigenvalue weighted by Crippen LogP contribution is 2.26. The van der Waals surface area contributed by atoms with Crippen LogP contribution in [-0.2, 0) is 6.61 Å². The monoisotopic (exact) mass is 238 g/mol. The van der Waals surface area contributed by atoms with Crippen LogP contribution in [0.4, 0.5) is 10.2 Å². The first-order valence-corrected chi connectivity index (χ1v) is 5.54. The number of rotatable bonds is 4. The lowest BCUT2D eigenvalue weighted by Gasteiger charge is -2.36. The van der Waals surface area contributed by atoms with Crippen molar-refractivity contribution in [3.05, 3.63) is 36.3 Å². The Morgan fingerprint density at radius 3 is 2.65 bits per heavy atom. The SMILES string of the molecule is C=CCN(c1nccc(CO)c1F)C(C)(C)C. The molecular formula is C13H19FN2O. The van der Waals surface area contributed by atoms with Gasteiger partial charge in [-0.25, -0.2) is 9.37 Å². The summed E-state index contributed by atoms with van der Waals surface area (Å²) in [5.74, 6) is -0.212. The molecule has 4 heteroatoms. The first-order chi connectivity index (χ1) is 7.91. The molecule has 0 saturated carbocycles. The minimum Gasteiger partial charge on any atom is -0.392 e. The maximum Gasteiger partial charge on any atom is 0.171 e. The van der Waals surface area contributed by atoms with E-state index in [0.29, 0.717) is 6.54 Å². The van der Waals surface area contributed by atoms with Gasteiger partial charge < -0.3 is 10.0 Å². The molecule has 0 saturated heterocycles. The molecule has 1 N–H and O–H groups in total. The summed E-state index contributed by atoms with van der Waals surface area (Å²) in [7, 11) is 0. The summed E-state index contributed by atoms with van der Waals surface area (Å²) in [6, 6.07) is 1.48. The van der Waals surface area contributed by atoms with Crippen LogP contribution in [0.5, 0.6) is 0 Å². The minimum absolute atomic E-state index is 0.254. The van der Waals surface area contributed by atoms with Gasteiger partial charge in [0.25, 0.3) is 0 Å². The number of nitrogens with zero attached hydrogens (tertiary/aromatic N) is 2. The van der Waals surface area contributed by atoms with E-state index in [-0.39, 0.29) is 23.5 Å². The second kappa shape index (κ2) is 5.27. The maximum absolute atomic E-state index is 14.1. The number of anilines is 1. The van der Waals surface area contributed by atoms with Gasteiger partial charge in [0, 0.05) is 23.8 Å². The standard InChI is InChI=1S/C13H19FN2O/c1-5-8-16(13(2,3)4)12-11(14)10(9-17)6-7-15-12/h5-7,17H,1,8-9H2,2-4H3. The summed E-state index contributed by atoms with van der Waals surface area (Å²) < 4.78 is 14.1. The van der Waals surface area contributed by atoms with Gasteiger partial charge in [-0.1, -0.05) is 6.08 Å². The van der Waals surface area contributed by atoms with Gasteiger partial charge in [-0.15, -0.1) is 6.58 Å². The van der Waals surface area contributed by atoms with Crippen molar-refractivity contribution in [2.45, 2.75) is 32.9 Å². The molecule has 0 spiro atoms. The van der Waals surface area contributed by atoms with Gasteiger partial charge in [-0.2, -0.15) is 0 Å². The molecule has 3 nitrogen and oxygen atoms in total. The smallest absolute Gasteiger partial charge is 0.171 e. The summed E-state index contributed by atoms with van der Waals surface area (Å²) in [6.45, 7) is 9.77. The fraction of sp³-hybridized carbons (Fsp3) is 0.462. The minimum atomic E-state index is -0.466. The van der Waals surface area contributed by atoms with E-state index in [1.54, 1.807) is 6.08 Å². The molecule has 0 aliphatic heterocycles. The van der Waals surface area contributed by atoms with E-state index in [1.165, 1.54) is 12.3 Å². The quantitative estimate of drug-likeness (QED) is 0.819. The van der Waals surface area contributed by atoms with Crippen LogP contribution in [0.15, 0.2) is 24.9 Å². The van der Waals surface area contributed by atoms with Crippen molar-refractivity contribution >= 4 is 5.82 Å². The maximum atomic E-state index is 14.1. The van der Waals surface area contributed by atoms with Gasteiger partial charge >= 0.3 is 0 Å². The molecule has 94 valence electrons. The molecule has 17 heavy (non-hydrogen) atoms. The molecule has 0 fully saturated rings. The van der Waals surface area contributed by atoms with Gasteiger partial charge in [0.05, 0.1) is 6.61 Å². The van der Waals surface area contributed by atoms with E-state index in [4.69, 9.17) is 5.11 Å². The molecule has 0 bridgehead atoms. The van der Waals surface area contributed by atoms with Gasteiger partial charge in [-0.3, -0.25) is 0 Å². The third kappa shape index (κ3) is 3.03. The molecule has 0 aliphatic carbocycles. The largest absolute Gasteiger partial charge is 0.392 e. The van der Waals surface area contributed by atoms with E-state index in [9.17, 15) is 4.39 Å². The van der Waals surface area contributed by atoms with Gasteiger partial charge in [-0.05, 0) is 26.8 Å². The fourth-order valence-electron chi connectivity index (χ4n) is 1.59. The second-order valence-electron chi connectivity index (χ2n) is 4.84. The third-order valence-electron chi connectivity index (χ3n) is 2.50. The van der Waals surface area contributed by atoms with Gasteiger partial charge in [0.15, 0.2) is 11.6 Å². The summed E-state index contributed by atoms with van der Waals surface area (Å²) in [5.41, 5.74) is -0.0101. The second-order valence-corrected chi connectivity index (χ2v) is 4.84. The van der Waals surface area contributed by atoms with E-state index in [1.807, 2.05) is 25.7 Å². The molecule has 1 aromatic heterocycles. The topological polar surface area (TPSA) is 36.4 Å². The van der Waals surface area contributed by atoms with Crippen LogP contribution < -0.4 is 4.90 Å². The molecule has 0 aliphatic rings. The Morgan fingerprint density at radius 2 is 2.18 bits per heavy atom. The van der Waals surface area contributed by atoms with Crippen molar-refractivity contribution in [1.29, 1.82) is 0 Å². The first-order valence-electron chi connectivity index (χ1n) is 5.54. The van der Waals surface area contributed by atoms with Crippen molar-refractivity contribution < 1.29 is 9.50 Å². The number of aliphatic hydroxyl groups is 1. The first kappa shape index (κ1) is 13.6. The van der Waals surface area contributed by atoms with Crippen LogP contribution in [0, 0.1) is 5.82 Å². The van der Waals surface area contributed by atoms with Crippen molar-refractivity contribution in [2.24, 2.45) is 0 Å².